The molecule has 19 heavy (non-hydrogen) atoms. The Bertz CT molecular complexity index is 498. The third kappa shape index (κ3) is 5.11. The average molecular weight is 325 g/mol. The van der Waals surface area contributed by atoms with E-state index in [4.69, 9.17) is 0 Å². The van der Waals surface area contributed by atoms with Gasteiger partial charge >= 0.3 is 0 Å². The molecule has 0 saturated heterocycles. The van der Waals surface area contributed by atoms with Gasteiger partial charge in [0.05, 0.1) is 4.47 Å². The van der Waals surface area contributed by atoms with E-state index in [1.807, 2.05) is 0 Å². The van der Waals surface area contributed by atoms with Crippen molar-refractivity contribution in [3.63, 3.8) is 0 Å². The minimum absolute atomic E-state index is 0.156. The molecule has 0 saturated carbocycles. The molecule has 1 aromatic carbocycles. The first-order valence-electron chi connectivity index (χ1n) is 6.40. The summed E-state index contributed by atoms with van der Waals surface area (Å²) >= 11 is 3.30. The van der Waals surface area contributed by atoms with Crippen LogP contribution in [0.2, 0.25) is 0 Å². The minimum atomic E-state index is 0.156. The van der Waals surface area contributed by atoms with E-state index < -0.39 is 0 Å². The van der Waals surface area contributed by atoms with Crippen molar-refractivity contribution in [3.05, 3.63) is 45.5 Å². The van der Waals surface area contributed by atoms with E-state index in [0.717, 1.165) is 18.4 Å². The zero-order chi connectivity index (χ0) is 14.4. The second-order valence-electron chi connectivity index (χ2n) is 4.97. The molecule has 0 heterocycles. The molecule has 0 radical (unpaired) electrons. The topological polar surface area (TPSA) is 40.5 Å². The highest BCUT2D eigenvalue weighted by atomic mass is 79.9. The summed E-state index contributed by atoms with van der Waals surface area (Å²) in [6, 6.07) is 3.00. The van der Waals surface area contributed by atoms with Crippen LogP contribution < -0.4 is 0 Å². The molecule has 0 spiro atoms. The number of rotatable bonds is 5. The summed E-state index contributed by atoms with van der Waals surface area (Å²) in [5, 5.41) is 19.4. The Labute approximate surface area is 123 Å². The maximum absolute atomic E-state index is 9.80. The number of benzene rings is 1. The van der Waals surface area contributed by atoms with Gasteiger partial charge in [0, 0.05) is 5.56 Å². The molecule has 0 unspecified atom stereocenters. The van der Waals surface area contributed by atoms with Gasteiger partial charge in [0.15, 0.2) is 0 Å². The smallest absolute Gasteiger partial charge is 0.130 e. The third-order valence-corrected chi connectivity index (χ3v) is 3.83. The van der Waals surface area contributed by atoms with Crippen LogP contribution in [-0.4, -0.2) is 10.2 Å². The molecule has 3 heteroatoms. The number of halogens is 1. The van der Waals surface area contributed by atoms with E-state index in [0.29, 0.717) is 10.9 Å². The van der Waals surface area contributed by atoms with Crippen molar-refractivity contribution >= 4 is 15.9 Å². The van der Waals surface area contributed by atoms with Crippen LogP contribution in [0.25, 0.3) is 0 Å². The zero-order valence-electron chi connectivity index (χ0n) is 11.7. The number of phenolic OH excluding ortho intramolecular Hbond substituents is 2. The van der Waals surface area contributed by atoms with E-state index in [-0.39, 0.29) is 11.5 Å². The van der Waals surface area contributed by atoms with Crippen molar-refractivity contribution in [2.45, 2.75) is 40.0 Å². The van der Waals surface area contributed by atoms with Gasteiger partial charge in [-0.05, 0) is 68.1 Å². The third-order valence-electron chi connectivity index (χ3n) is 2.94. The fourth-order valence-corrected chi connectivity index (χ4v) is 2.26. The second-order valence-corrected chi connectivity index (χ2v) is 5.76. The van der Waals surface area contributed by atoms with Crippen LogP contribution in [0, 0.1) is 0 Å². The summed E-state index contributed by atoms with van der Waals surface area (Å²) in [7, 11) is 0. The molecule has 2 nitrogen and oxygen atoms in total. The number of phenols is 2. The molecular weight excluding hydrogens is 304 g/mol. The van der Waals surface area contributed by atoms with Gasteiger partial charge in [-0.3, -0.25) is 0 Å². The van der Waals surface area contributed by atoms with E-state index in [1.54, 1.807) is 0 Å². The van der Waals surface area contributed by atoms with Gasteiger partial charge < -0.3 is 10.2 Å². The molecular formula is C16H21BrO2. The SMILES string of the molecule is CC(C)=CCC/C(C)=C/Cc1c(O)ccc(O)c1Br. The highest BCUT2D eigenvalue weighted by molar-refractivity contribution is 9.10. The lowest BCUT2D eigenvalue weighted by Crippen LogP contribution is -1.87. The molecule has 2 N–H and O–H groups in total. The quantitative estimate of drug-likeness (QED) is 0.584. The van der Waals surface area contributed by atoms with Gasteiger partial charge in [0.25, 0.3) is 0 Å². The standard InChI is InChI=1S/C16H21BrO2/c1-11(2)5-4-6-12(3)7-8-13-14(18)9-10-15(19)16(13)17/h5,7,9-10,18-19H,4,6,8H2,1-3H3/b12-7+. The molecule has 0 aliphatic heterocycles. The highest BCUT2D eigenvalue weighted by Gasteiger charge is 2.08. The van der Waals surface area contributed by atoms with Crippen LogP contribution in [0.15, 0.2) is 39.9 Å². The van der Waals surface area contributed by atoms with Crippen molar-refractivity contribution in [2.75, 3.05) is 0 Å². The Morgan fingerprint density at radius 3 is 2.37 bits per heavy atom. The van der Waals surface area contributed by atoms with Crippen molar-refractivity contribution in [3.8, 4) is 11.5 Å². The summed E-state index contributed by atoms with van der Waals surface area (Å²) in [5.41, 5.74) is 3.34. The van der Waals surface area contributed by atoms with Crippen LogP contribution in [-0.2, 0) is 6.42 Å². The van der Waals surface area contributed by atoms with Gasteiger partial charge in [-0.1, -0.05) is 23.3 Å². The average Bonchev–Trinajstić information content (AvgIpc) is 2.33. The summed E-state index contributed by atoms with van der Waals surface area (Å²) in [6.07, 6.45) is 6.98. The van der Waals surface area contributed by atoms with Crippen LogP contribution >= 0.6 is 15.9 Å². The largest absolute Gasteiger partial charge is 0.508 e. The van der Waals surface area contributed by atoms with Crippen LogP contribution in [0.5, 0.6) is 11.5 Å². The molecule has 0 amide bonds. The van der Waals surface area contributed by atoms with Crippen LogP contribution in [0.4, 0.5) is 0 Å². The van der Waals surface area contributed by atoms with E-state index >= 15 is 0 Å². The first-order chi connectivity index (χ1) is 8.91. The van der Waals surface area contributed by atoms with E-state index in [2.05, 4.69) is 48.9 Å². The highest BCUT2D eigenvalue weighted by Crippen LogP contribution is 2.34. The molecule has 0 aliphatic carbocycles. The molecule has 1 rings (SSSR count). The summed E-state index contributed by atoms with van der Waals surface area (Å²) < 4.78 is 0.570. The number of aromatic hydroxyl groups is 2. The molecule has 0 aliphatic rings. The summed E-state index contributed by atoms with van der Waals surface area (Å²) in [4.78, 5) is 0. The Morgan fingerprint density at radius 2 is 1.74 bits per heavy atom. The molecule has 0 fully saturated rings. The Hall–Kier alpha value is -1.22. The summed E-state index contributed by atoms with van der Waals surface area (Å²) in [6.45, 7) is 6.29. The first kappa shape index (κ1) is 15.8. The number of allylic oxidation sites excluding steroid dienone is 4. The fourth-order valence-electron chi connectivity index (χ4n) is 1.76. The monoisotopic (exact) mass is 324 g/mol. The lowest BCUT2D eigenvalue weighted by atomic mass is 10.1. The number of hydrogen-bond donors (Lipinski definition) is 2. The lowest BCUT2D eigenvalue weighted by Gasteiger charge is -2.07. The lowest BCUT2D eigenvalue weighted by molar-refractivity contribution is 0.452. The van der Waals surface area contributed by atoms with Crippen molar-refractivity contribution < 1.29 is 10.2 Å². The van der Waals surface area contributed by atoms with Crippen molar-refractivity contribution in [1.82, 2.24) is 0 Å². The van der Waals surface area contributed by atoms with Gasteiger partial charge in [0.1, 0.15) is 11.5 Å². The predicted molar refractivity (Wildman–Crippen MR) is 83.6 cm³/mol. The second kappa shape index (κ2) is 7.39. The maximum Gasteiger partial charge on any atom is 0.130 e. The van der Waals surface area contributed by atoms with Crippen LogP contribution in [0.3, 0.4) is 0 Å². The number of hydrogen-bond acceptors (Lipinski definition) is 2. The van der Waals surface area contributed by atoms with Gasteiger partial charge in [-0.2, -0.15) is 0 Å². The van der Waals surface area contributed by atoms with Gasteiger partial charge in [-0.25, -0.2) is 0 Å². The van der Waals surface area contributed by atoms with Crippen molar-refractivity contribution in [2.24, 2.45) is 0 Å². The Morgan fingerprint density at radius 1 is 1.11 bits per heavy atom. The van der Waals surface area contributed by atoms with Crippen LogP contribution in [0.1, 0.15) is 39.2 Å². The Balaban J connectivity index is 2.70. The molecule has 0 aromatic heterocycles. The molecule has 0 bridgehead atoms. The fraction of sp³-hybridized carbons (Fsp3) is 0.375. The molecule has 104 valence electrons. The zero-order valence-corrected chi connectivity index (χ0v) is 13.3. The summed E-state index contributed by atoms with van der Waals surface area (Å²) in [5.74, 6) is 0.362. The van der Waals surface area contributed by atoms with E-state index in [1.165, 1.54) is 23.3 Å². The predicted octanol–water partition coefficient (Wildman–Crippen LogP) is 5.10. The molecule has 0 atom stereocenters. The molecule has 1 aromatic rings. The Kier molecular flexibility index (Phi) is 6.16. The van der Waals surface area contributed by atoms with Gasteiger partial charge in [-0.15, -0.1) is 0 Å². The maximum atomic E-state index is 9.80. The van der Waals surface area contributed by atoms with E-state index in [9.17, 15) is 10.2 Å². The minimum Gasteiger partial charge on any atom is -0.508 e. The van der Waals surface area contributed by atoms with Gasteiger partial charge in [0.2, 0.25) is 0 Å². The van der Waals surface area contributed by atoms with Crippen molar-refractivity contribution in [1.29, 1.82) is 0 Å². The normalized spacial score (nSPS) is 11.5. The first-order valence-corrected chi connectivity index (χ1v) is 7.19.